The molecule has 4 heterocycles. The Morgan fingerprint density at radius 1 is 1.33 bits per heavy atom. The van der Waals surface area contributed by atoms with Gasteiger partial charge in [-0.15, -0.1) is 0 Å². The van der Waals surface area contributed by atoms with Gasteiger partial charge in [-0.05, 0) is 39.8 Å². The number of aliphatic hydroxyl groups is 1. The first kappa shape index (κ1) is 25.5. The molecule has 0 unspecified atom stereocenters. The third kappa shape index (κ3) is 5.15. The number of ether oxygens (including phenoxy) is 1. The zero-order valence-corrected chi connectivity index (χ0v) is 21.3. The standard InChI is InChI=1S/C25H33N5O6/c1-14(2)36-24-18(6-7-20(27-24)30-9-8-29(15(3)32)11-16(30)12-31)26-22(33)17-13-35-19-10-25(4,5)28-23(34)21(17)19/h6-7,13-14,16,31H,8-12H2,1-5H3,(H,26,33)(H,28,34)/t16-/m0/s1. The summed E-state index contributed by atoms with van der Waals surface area (Å²) < 4.78 is 11.5. The summed E-state index contributed by atoms with van der Waals surface area (Å²) >= 11 is 0. The van der Waals surface area contributed by atoms with Crippen LogP contribution in [-0.4, -0.2) is 76.6 Å². The minimum atomic E-state index is -0.513. The molecule has 2 aliphatic rings. The van der Waals surface area contributed by atoms with E-state index in [9.17, 15) is 19.5 Å². The van der Waals surface area contributed by atoms with E-state index >= 15 is 0 Å². The van der Waals surface area contributed by atoms with Gasteiger partial charge < -0.3 is 34.7 Å². The van der Waals surface area contributed by atoms with Gasteiger partial charge >= 0.3 is 0 Å². The summed E-state index contributed by atoms with van der Waals surface area (Å²) in [6.07, 6.45) is 1.55. The summed E-state index contributed by atoms with van der Waals surface area (Å²) in [5, 5.41) is 15.6. The van der Waals surface area contributed by atoms with Crippen molar-refractivity contribution in [2.24, 2.45) is 0 Å². The largest absolute Gasteiger partial charge is 0.473 e. The van der Waals surface area contributed by atoms with E-state index in [1.54, 1.807) is 17.0 Å². The monoisotopic (exact) mass is 499 g/mol. The molecule has 4 rings (SSSR count). The van der Waals surface area contributed by atoms with E-state index < -0.39 is 11.4 Å². The molecule has 36 heavy (non-hydrogen) atoms. The highest BCUT2D eigenvalue weighted by atomic mass is 16.5. The molecule has 1 atom stereocenters. The van der Waals surface area contributed by atoms with Gasteiger partial charge in [0.25, 0.3) is 11.8 Å². The number of nitrogens with zero attached hydrogens (tertiary/aromatic N) is 3. The van der Waals surface area contributed by atoms with Crippen molar-refractivity contribution >= 4 is 29.2 Å². The van der Waals surface area contributed by atoms with E-state index in [0.29, 0.717) is 43.3 Å². The van der Waals surface area contributed by atoms with Crippen LogP contribution in [0.1, 0.15) is 61.1 Å². The minimum absolute atomic E-state index is 0.0402. The molecule has 3 N–H and O–H groups in total. The van der Waals surface area contributed by atoms with Crippen LogP contribution in [-0.2, 0) is 11.2 Å². The van der Waals surface area contributed by atoms with E-state index in [-0.39, 0.29) is 47.6 Å². The van der Waals surface area contributed by atoms with Gasteiger partial charge in [0, 0.05) is 38.5 Å². The van der Waals surface area contributed by atoms with Gasteiger partial charge in [-0.3, -0.25) is 14.4 Å². The molecule has 194 valence electrons. The number of fused-ring (bicyclic) bond motifs is 1. The van der Waals surface area contributed by atoms with Crippen LogP contribution in [0.25, 0.3) is 0 Å². The SMILES string of the molecule is CC(=O)N1CCN(c2ccc(NC(=O)c3coc4c3C(=O)NC(C)(C)C4)c(OC(C)C)n2)[C@H](CO)C1. The van der Waals surface area contributed by atoms with E-state index in [1.165, 1.54) is 13.2 Å². The summed E-state index contributed by atoms with van der Waals surface area (Å²) in [4.78, 5) is 45.9. The first-order valence-electron chi connectivity index (χ1n) is 12.0. The highest BCUT2D eigenvalue weighted by molar-refractivity contribution is 6.13. The average molecular weight is 500 g/mol. The molecule has 3 amide bonds. The van der Waals surface area contributed by atoms with Crippen molar-refractivity contribution in [3.63, 3.8) is 0 Å². The van der Waals surface area contributed by atoms with Gasteiger partial charge in [-0.2, -0.15) is 4.98 Å². The zero-order valence-electron chi connectivity index (χ0n) is 21.3. The topological polar surface area (TPSA) is 137 Å². The third-order valence-electron chi connectivity index (χ3n) is 6.27. The molecule has 0 aromatic carbocycles. The number of anilines is 2. The van der Waals surface area contributed by atoms with Crippen LogP contribution in [0, 0.1) is 0 Å². The summed E-state index contributed by atoms with van der Waals surface area (Å²) in [5.74, 6) is 0.341. The Kier molecular flexibility index (Phi) is 6.94. The number of amides is 3. The Labute approximate surface area is 209 Å². The maximum atomic E-state index is 13.2. The lowest BCUT2D eigenvalue weighted by molar-refractivity contribution is -0.129. The predicted molar refractivity (Wildman–Crippen MR) is 132 cm³/mol. The molecule has 11 nitrogen and oxygen atoms in total. The van der Waals surface area contributed by atoms with Crippen LogP contribution >= 0.6 is 0 Å². The van der Waals surface area contributed by atoms with Crippen molar-refractivity contribution in [3.8, 4) is 5.88 Å². The number of nitrogens with one attached hydrogen (secondary N) is 2. The normalized spacial score (nSPS) is 19.1. The second-order valence-corrected chi connectivity index (χ2v) is 10.1. The Balaban J connectivity index is 1.59. The number of furan rings is 1. The number of hydrogen-bond donors (Lipinski definition) is 3. The average Bonchev–Trinajstić information content (AvgIpc) is 3.22. The fourth-order valence-electron chi connectivity index (χ4n) is 4.55. The first-order chi connectivity index (χ1) is 17.0. The van der Waals surface area contributed by atoms with Gasteiger partial charge in [0.15, 0.2) is 0 Å². The molecule has 11 heteroatoms. The predicted octanol–water partition coefficient (Wildman–Crippen LogP) is 1.81. The van der Waals surface area contributed by atoms with E-state index in [2.05, 4.69) is 15.6 Å². The number of carbonyl (C=O) groups excluding carboxylic acids is 3. The van der Waals surface area contributed by atoms with Gasteiger partial charge in [0.1, 0.15) is 23.5 Å². The number of aromatic nitrogens is 1. The molecule has 0 saturated carbocycles. The summed E-state index contributed by atoms with van der Waals surface area (Å²) in [5.41, 5.74) is 0.248. The van der Waals surface area contributed by atoms with Crippen molar-refractivity contribution in [3.05, 3.63) is 35.3 Å². The number of pyridine rings is 1. The van der Waals surface area contributed by atoms with Crippen LogP contribution in [0.3, 0.4) is 0 Å². The number of carbonyl (C=O) groups is 3. The molecule has 0 aliphatic carbocycles. The number of rotatable bonds is 6. The molecule has 2 aliphatic heterocycles. The molecule has 1 fully saturated rings. The number of piperazine rings is 1. The van der Waals surface area contributed by atoms with Gasteiger partial charge in [-0.25, -0.2) is 0 Å². The van der Waals surface area contributed by atoms with Crippen LogP contribution < -0.4 is 20.3 Å². The first-order valence-corrected chi connectivity index (χ1v) is 12.0. The molecular formula is C25H33N5O6. The Hall–Kier alpha value is -3.60. The molecule has 2 aromatic rings. The van der Waals surface area contributed by atoms with Crippen molar-refractivity contribution in [1.82, 2.24) is 15.2 Å². The summed E-state index contributed by atoms with van der Waals surface area (Å²) in [6, 6.07) is 3.09. The Morgan fingerprint density at radius 2 is 2.08 bits per heavy atom. The summed E-state index contributed by atoms with van der Waals surface area (Å²) in [6.45, 7) is 10.2. The maximum absolute atomic E-state index is 13.2. The molecule has 0 bridgehead atoms. The zero-order chi connectivity index (χ0) is 26.2. The van der Waals surface area contributed by atoms with Crippen LogP contribution in [0.5, 0.6) is 5.88 Å². The van der Waals surface area contributed by atoms with Crippen molar-refractivity contribution in [2.45, 2.75) is 58.7 Å². The third-order valence-corrected chi connectivity index (χ3v) is 6.27. The molecule has 0 spiro atoms. The van der Waals surface area contributed by atoms with Crippen molar-refractivity contribution in [1.29, 1.82) is 0 Å². The second kappa shape index (κ2) is 9.81. The van der Waals surface area contributed by atoms with Gasteiger partial charge in [-0.1, -0.05) is 0 Å². The molecule has 0 radical (unpaired) electrons. The smallest absolute Gasteiger partial charge is 0.259 e. The van der Waals surface area contributed by atoms with Crippen molar-refractivity contribution < 1.29 is 28.6 Å². The van der Waals surface area contributed by atoms with E-state index in [1.807, 2.05) is 32.6 Å². The lowest BCUT2D eigenvalue weighted by Crippen LogP contribution is -2.56. The molecule has 1 saturated heterocycles. The van der Waals surface area contributed by atoms with Crippen LogP contribution in [0.4, 0.5) is 11.5 Å². The van der Waals surface area contributed by atoms with E-state index in [0.717, 1.165) is 0 Å². The fourth-order valence-corrected chi connectivity index (χ4v) is 4.55. The Morgan fingerprint density at radius 3 is 2.75 bits per heavy atom. The fraction of sp³-hybridized carbons (Fsp3) is 0.520. The lowest BCUT2D eigenvalue weighted by Gasteiger charge is -2.41. The Bertz CT molecular complexity index is 1170. The minimum Gasteiger partial charge on any atom is -0.473 e. The van der Waals surface area contributed by atoms with Crippen molar-refractivity contribution in [2.75, 3.05) is 36.5 Å². The van der Waals surface area contributed by atoms with Crippen LogP contribution in [0.2, 0.25) is 0 Å². The second-order valence-electron chi connectivity index (χ2n) is 10.1. The van der Waals surface area contributed by atoms with E-state index in [4.69, 9.17) is 9.15 Å². The number of aliphatic hydroxyl groups excluding tert-OH is 1. The molecule has 2 aromatic heterocycles. The number of hydrogen-bond acceptors (Lipinski definition) is 8. The quantitative estimate of drug-likeness (QED) is 0.547. The van der Waals surface area contributed by atoms with Gasteiger partial charge in [0.05, 0.1) is 29.9 Å². The van der Waals surface area contributed by atoms with Gasteiger partial charge in [0.2, 0.25) is 11.8 Å². The lowest BCUT2D eigenvalue weighted by atomic mass is 9.91. The summed E-state index contributed by atoms with van der Waals surface area (Å²) in [7, 11) is 0. The maximum Gasteiger partial charge on any atom is 0.259 e. The van der Waals surface area contributed by atoms with Crippen LogP contribution in [0.15, 0.2) is 22.8 Å². The highest BCUT2D eigenvalue weighted by Crippen LogP contribution is 2.31. The highest BCUT2D eigenvalue weighted by Gasteiger charge is 2.36. The molecular weight excluding hydrogens is 466 g/mol.